The number of hydrogen-bond donors (Lipinski definition) is 1. The van der Waals surface area contributed by atoms with Crippen LogP contribution >= 0.6 is 0 Å². The van der Waals surface area contributed by atoms with Crippen LogP contribution in [0.5, 0.6) is 0 Å². The molecule has 4 aliphatic rings. The fourth-order valence-electron chi connectivity index (χ4n) is 7.36. The first kappa shape index (κ1) is 15.2. The summed E-state index contributed by atoms with van der Waals surface area (Å²) in [7, 11) is 0. The molecule has 4 saturated carbocycles. The van der Waals surface area contributed by atoms with Crippen LogP contribution in [0, 0.1) is 40.9 Å². The fourth-order valence-corrected chi connectivity index (χ4v) is 7.36. The van der Waals surface area contributed by atoms with Gasteiger partial charge in [-0.15, -0.1) is 0 Å². The van der Waals surface area contributed by atoms with E-state index in [1.54, 1.807) is 0 Å². The molecule has 0 heterocycles. The van der Waals surface area contributed by atoms with Gasteiger partial charge < -0.3 is 5.11 Å². The van der Waals surface area contributed by atoms with Gasteiger partial charge in [-0.1, -0.05) is 13.8 Å². The Bertz CT molecular complexity index is 482. The molecule has 4 rings (SSSR count). The van der Waals surface area contributed by atoms with E-state index in [9.17, 15) is 9.90 Å². The van der Waals surface area contributed by atoms with Crippen LogP contribution in [0.2, 0.25) is 0 Å². The third-order valence-electron chi connectivity index (χ3n) is 8.25. The number of aliphatic hydroxyl groups is 1. The largest absolute Gasteiger partial charge is 0.390 e. The van der Waals surface area contributed by atoms with Gasteiger partial charge in [0, 0.05) is 11.8 Å². The van der Waals surface area contributed by atoms with Gasteiger partial charge >= 0.3 is 0 Å². The van der Waals surface area contributed by atoms with Crippen molar-refractivity contribution in [2.24, 2.45) is 40.9 Å². The first-order valence-electron chi connectivity index (χ1n) is 9.57. The average molecular weight is 304 g/mol. The molecule has 22 heavy (non-hydrogen) atoms. The van der Waals surface area contributed by atoms with E-state index in [-0.39, 0.29) is 5.41 Å². The number of Topliss-reactive ketones (excluding diaryl/α,β-unsaturated/α-hetero) is 1. The zero-order valence-corrected chi connectivity index (χ0v) is 14.5. The summed E-state index contributed by atoms with van der Waals surface area (Å²) in [5.41, 5.74) is -0.429. The van der Waals surface area contributed by atoms with Crippen LogP contribution < -0.4 is 0 Å². The van der Waals surface area contributed by atoms with Gasteiger partial charge in [0.2, 0.25) is 0 Å². The maximum Gasteiger partial charge on any atom is 0.139 e. The van der Waals surface area contributed by atoms with Crippen LogP contribution in [0.4, 0.5) is 0 Å². The number of rotatable bonds is 0. The monoisotopic (exact) mass is 304 g/mol. The lowest BCUT2D eigenvalue weighted by Crippen LogP contribution is -2.51. The molecule has 0 aromatic heterocycles. The van der Waals surface area contributed by atoms with Crippen molar-refractivity contribution in [1.29, 1.82) is 0 Å². The molecule has 0 bridgehead atoms. The molecular formula is C20H32O2. The zero-order valence-electron chi connectivity index (χ0n) is 14.5. The number of carbonyl (C=O) groups is 1. The van der Waals surface area contributed by atoms with E-state index in [0.717, 1.165) is 49.4 Å². The van der Waals surface area contributed by atoms with E-state index in [4.69, 9.17) is 0 Å². The number of fused-ring (bicyclic) bond motifs is 5. The van der Waals surface area contributed by atoms with E-state index in [1.165, 1.54) is 25.7 Å². The highest BCUT2D eigenvalue weighted by Crippen LogP contribution is 2.63. The predicted molar refractivity (Wildman–Crippen MR) is 87.3 cm³/mol. The van der Waals surface area contributed by atoms with Crippen molar-refractivity contribution in [2.75, 3.05) is 0 Å². The highest BCUT2D eigenvalue weighted by Gasteiger charge is 2.59. The second-order valence-electron chi connectivity index (χ2n) is 9.66. The summed E-state index contributed by atoms with van der Waals surface area (Å²) in [5, 5.41) is 10.4. The molecule has 1 N–H and O–H groups in total. The molecule has 2 nitrogen and oxygen atoms in total. The molecule has 124 valence electrons. The van der Waals surface area contributed by atoms with Crippen LogP contribution in [0.3, 0.4) is 0 Å². The average Bonchev–Trinajstić information content (AvgIpc) is 2.67. The first-order valence-corrected chi connectivity index (χ1v) is 9.57. The van der Waals surface area contributed by atoms with Crippen molar-refractivity contribution in [3.8, 4) is 0 Å². The van der Waals surface area contributed by atoms with Crippen LogP contribution in [-0.2, 0) is 4.79 Å². The third-order valence-corrected chi connectivity index (χ3v) is 8.25. The molecule has 0 unspecified atom stereocenters. The Morgan fingerprint density at radius 1 is 1.00 bits per heavy atom. The maximum absolute atomic E-state index is 12.6. The lowest BCUT2D eigenvalue weighted by Gasteiger charge is -2.56. The van der Waals surface area contributed by atoms with Gasteiger partial charge in [0.1, 0.15) is 5.78 Å². The minimum absolute atomic E-state index is 0.00637. The lowest BCUT2D eigenvalue weighted by molar-refractivity contribution is -0.135. The Labute approximate surface area is 135 Å². The maximum atomic E-state index is 12.6. The highest BCUT2D eigenvalue weighted by atomic mass is 16.3. The lowest BCUT2D eigenvalue weighted by atomic mass is 9.49. The Kier molecular flexibility index (Phi) is 3.32. The minimum Gasteiger partial charge on any atom is -0.390 e. The van der Waals surface area contributed by atoms with E-state index in [2.05, 4.69) is 13.8 Å². The topological polar surface area (TPSA) is 37.3 Å². The number of hydrogen-bond acceptors (Lipinski definition) is 2. The Balaban J connectivity index is 1.60. The van der Waals surface area contributed by atoms with Gasteiger partial charge in [0.05, 0.1) is 5.60 Å². The standard InChI is InChI=1S/C20H32O2/c1-12-10-17(21)20(3)9-7-15-14-6-8-19(2,22)11-13(14)4-5-16(15)18(12)20/h12-16,18,22H,4-11H2,1-3H3/t12-,13-,14+,15-,16-,18+,19-,20-/m1/s1. The molecule has 2 heteroatoms. The second-order valence-corrected chi connectivity index (χ2v) is 9.66. The molecule has 0 spiro atoms. The van der Waals surface area contributed by atoms with Crippen molar-refractivity contribution in [3.05, 3.63) is 0 Å². The summed E-state index contributed by atoms with van der Waals surface area (Å²) < 4.78 is 0. The van der Waals surface area contributed by atoms with E-state index in [1.807, 2.05) is 6.92 Å². The summed E-state index contributed by atoms with van der Waals surface area (Å²) in [4.78, 5) is 12.6. The van der Waals surface area contributed by atoms with Gasteiger partial charge in [0.25, 0.3) is 0 Å². The Hall–Kier alpha value is -0.370. The van der Waals surface area contributed by atoms with Gasteiger partial charge in [-0.2, -0.15) is 0 Å². The predicted octanol–water partition coefficient (Wildman–Crippen LogP) is 4.21. The fraction of sp³-hybridized carbons (Fsp3) is 0.950. The van der Waals surface area contributed by atoms with Gasteiger partial charge in [-0.05, 0) is 87.4 Å². The quantitative estimate of drug-likeness (QED) is 0.728. The van der Waals surface area contributed by atoms with Crippen molar-refractivity contribution < 1.29 is 9.90 Å². The van der Waals surface area contributed by atoms with Gasteiger partial charge in [-0.25, -0.2) is 0 Å². The molecule has 0 aromatic rings. The molecule has 0 saturated heterocycles. The molecule has 0 aliphatic heterocycles. The molecule has 0 radical (unpaired) electrons. The van der Waals surface area contributed by atoms with Crippen LogP contribution in [0.1, 0.15) is 72.1 Å². The number of ketones is 1. The zero-order chi connectivity index (χ0) is 15.7. The minimum atomic E-state index is -0.423. The first-order chi connectivity index (χ1) is 10.3. The second kappa shape index (κ2) is 4.82. The third kappa shape index (κ3) is 2.05. The van der Waals surface area contributed by atoms with E-state index >= 15 is 0 Å². The molecule has 0 amide bonds. The normalized spacial score (nSPS) is 57.9. The number of carbonyl (C=O) groups excluding carboxylic acids is 1. The van der Waals surface area contributed by atoms with Crippen molar-refractivity contribution in [2.45, 2.75) is 77.7 Å². The van der Waals surface area contributed by atoms with E-state index in [0.29, 0.717) is 17.6 Å². The molecule has 0 aromatic carbocycles. The van der Waals surface area contributed by atoms with Crippen LogP contribution in [0.25, 0.3) is 0 Å². The SMILES string of the molecule is C[C@@H]1CC(=O)[C@@]2(C)CC[C@H]3[C@@H](CC[C@@H]4C[C@](C)(O)CC[C@@H]43)[C@H]12. The summed E-state index contributed by atoms with van der Waals surface area (Å²) in [6, 6.07) is 0. The van der Waals surface area contributed by atoms with E-state index < -0.39 is 5.60 Å². The van der Waals surface area contributed by atoms with Crippen LogP contribution in [0.15, 0.2) is 0 Å². The van der Waals surface area contributed by atoms with Crippen LogP contribution in [-0.4, -0.2) is 16.5 Å². The van der Waals surface area contributed by atoms with Crippen molar-refractivity contribution >= 4 is 5.78 Å². The summed E-state index contributed by atoms with van der Waals surface area (Å²) in [6.07, 6.45) is 9.01. The molecular weight excluding hydrogens is 272 g/mol. The van der Waals surface area contributed by atoms with Crippen molar-refractivity contribution in [3.63, 3.8) is 0 Å². The molecule has 4 fully saturated rings. The molecule has 4 aliphatic carbocycles. The Morgan fingerprint density at radius 2 is 1.73 bits per heavy atom. The highest BCUT2D eigenvalue weighted by molar-refractivity contribution is 5.87. The smallest absolute Gasteiger partial charge is 0.139 e. The summed E-state index contributed by atoms with van der Waals surface area (Å²) in [6.45, 7) is 6.64. The van der Waals surface area contributed by atoms with Crippen molar-refractivity contribution in [1.82, 2.24) is 0 Å². The summed E-state index contributed by atoms with van der Waals surface area (Å²) in [5.74, 6) is 4.96. The Morgan fingerprint density at radius 3 is 2.50 bits per heavy atom. The summed E-state index contributed by atoms with van der Waals surface area (Å²) >= 11 is 0. The van der Waals surface area contributed by atoms with Gasteiger partial charge in [0.15, 0.2) is 0 Å². The molecule has 8 atom stereocenters. The van der Waals surface area contributed by atoms with Gasteiger partial charge in [-0.3, -0.25) is 4.79 Å².